The van der Waals surface area contributed by atoms with Crippen molar-refractivity contribution in [2.24, 2.45) is 0 Å². The van der Waals surface area contributed by atoms with Crippen LogP contribution < -0.4 is 4.74 Å². The Morgan fingerprint density at radius 2 is 1.90 bits per heavy atom. The van der Waals surface area contributed by atoms with E-state index in [2.05, 4.69) is 37.0 Å². The van der Waals surface area contributed by atoms with Crippen LogP contribution in [0.1, 0.15) is 63.1 Å². The number of aldehydes is 1. The highest BCUT2D eigenvalue weighted by molar-refractivity contribution is 5.75. The molecule has 0 saturated carbocycles. The van der Waals surface area contributed by atoms with E-state index in [0.717, 1.165) is 68.7 Å². The molecule has 1 aromatic heterocycles. The number of rotatable bonds is 11. The normalized spacial score (nSPS) is 12.9. The first kappa shape index (κ1) is 24.7. The van der Waals surface area contributed by atoms with E-state index in [4.69, 9.17) is 4.74 Å². The van der Waals surface area contributed by atoms with Gasteiger partial charge in [-0.3, -0.25) is 9.69 Å². The fourth-order valence-corrected chi connectivity index (χ4v) is 3.77. The van der Waals surface area contributed by atoms with Crippen molar-refractivity contribution in [2.75, 3.05) is 26.2 Å². The Kier molecular flexibility index (Phi) is 10.9. The molecule has 168 valence electrons. The molecule has 31 heavy (non-hydrogen) atoms. The lowest BCUT2D eigenvalue weighted by Gasteiger charge is -2.23. The van der Waals surface area contributed by atoms with Crippen molar-refractivity contribution in [3.8, 4) is 11.4 Å². The molecule has 0 saturated heterocycles. The number of likely N-dealkylation sites (N-methyl/N-ethyl adjacent to an activating group) is 1. The fourth-order valence-electron chi connectivity index (χ4n) is 3.77. The van der Waals surface area contributed by atoms with Crippen LogP contribution in [0, 0.1) is 0 Å². The summed E-state index contributed by atoms with van der Waals surface area (Å²) in [4.78, 5) is 14.0. The van der Waals surface area contributed by atoms with E-state index in [1.165, 1.54) is 5.57 Å². The molecule has 4 heteroatoms. The predicted octanol–water partition coefficient (Wildman–Crippen LogP) is 6.25. The second kappa shape index (κ2) is 13.7. The number of aryl methyl sites for hydroxylation is 1. The molecule has 1 aliphatic rings. The van der Waals surface area contributed by atoms with Crippen molar-refractivity contribution in [3.05, 3.63) is 71.6 Å². The number of aromatic nitrogens is 1. The van der Waals surface area contributed by atoms with Crippen molar-refractivity contribution in [1.82, 2.24) is 9.47 Å². The third-order valence-corrected chi connectivity index (χ3v) is 5.32. The van der Waals surface area contributed by atoms with Gasteiger partial charge < -0.3 is 9.30 Å². The maximum atomic E-state index is 11.6. The summed E-state index contributed by atoms with van der Waals surface area (Å²) >= 11 is 0. The van der Waals surface area contributed by atoms with Gasteiger partial charge in [0.1, 0.15) is 12.4 Å². The van der Waals surface area contributed by atoms with Crippen molar-refractivity contribution >= 4 is 6.29 Å². The van der Waals surface area contributed by atoms with Gasteiger partial charge in [-0.05, 0) is 55.6 Å². The average molecular weight is 423 g/mol. The summed E-state index contributed by atoms with van der Waals surface area (Å²) in [7, 11) is 0. The summed E-state index contributed by atoms with van der Waals surface area (Å²) in [5.74, 6) is 0.817. The summed E-state index contributed by atoms with van der Waals surface area (Å²) in [6.07, 6.45) is 12.0. The molecule has 1 heterocycles. The quantitative estimate of drug-likeness (QED) is 0.402. The molecule has 0 radical (unpaired) electrons. The zero-order valence-electron chi connectivity index (χ0n) is 19.6. The van der Waals surface area contributed by atoms with Gasteiger partial charge >= 0.3 is 0 Å². The van der Waals surface area contributed by atoms with Gasteiger partial charge in [-0.1, -0.05) is 64.5 Å². The summed E-state index contributed by atoms with van der Waals surface area (Å²) < 4.78 is 8.23. The third-order valence-electron chi connectivity index (χ3n) is 5.32. The van der Waals surface area contributed by atoms with Gasteiger partial charge in [-0.15, -0.1) is 0 Å². The number of hydrogen-bond acceptors (Lipinski definition) is 3. The van der Waals surface area contributed by atoms with Crippen LogP contribution in [-0.4, -0.2) is 42.0 Å². The first-order valence-corrected chi connectivity index (χ1v) is 11.7. The van der Waals surface area contributed by atoms with Crippen LogP contribution in [0.3, 0.4) is 0 Å². The molecule has 0 atom stereocenters. The highest BCUT2D eigenvalue weighted by Gasteiger charge is 2.14. The van der Waals surface area contributed by atoms with Gasteiger partial charge in [0.15, 0.2) is 6.29 Å². The number of benzene rings is 1. The van der Waals surface area contributed by atoms with E-state index < -0.39 is 0 Å². The van der Waals surface area contributed by atoms with Gasteiger partial charge in [0.2, 0.25) is 0 Å². The molecule has 2 aromatic rings. The minimum absolute atomic E-state index is 0.614. The Bertz CT molecular complexity index is 864. The zero-order valence-corrected chi connectivity index (χ0v) is 19.6. The van der Waals surface area contributed by atoms with Gasteiger partial charge in [-0.25, -0.2) is 0 Å². The lowest BCUT2D eigenvalue weighted by atomic mass is 10.1. The second-order valence-corrected chi connectivity index (χ2v) is 7.40. The molecule has 1 aliphatic carbocycles. The summed E-state index contributed by atoms with van der Waals surface area (Å²) in [5, 5.41) is 0. The summed E-state index contributed by atoms with van der Waals surface area (Å²) in [6.45, 7) is 11.8. The molecular weight excluding hydrogens is 384 g/mol. The molecule has 1 aromatic carbocycles. The van der Waals surface area contributed by atoms with E-state index >= 15 is 0 Å². The smallest absolute Gasteiger partial charge is 0.166 e. The van der Waals surface area contributed by atoms with E-state index in [9.17, 15) is 4.79 Å². The fraction of sp³-hybridized carbons (Fsp3) is 0.444. The number of carbonyl (C=O) groups excluding carboxylic acids is 1. The van der Waals surface area contributed by atoms with Crippen LogP contribution in [-0.2, 0) is 6.42 Å². The van der Waals surface area contributed by atoms with Crippen molar-refractivity contribution in [1.29, 1.82) is 0 Å². The number of carbonyl (C=O) groups is 1. The monoisotopic (exact) mass is 422 g/mol. The SMILES string of the molecule is CC.CCCc1ccc(C=O)n1-c1ccccc1OCCN(CC)CC1=CCCC=C1. The van der Waals surface area contributed by atoms with E-state index in [1.807, 2.05) is 54.8 Å². The van der Waals surface area contributed by atoms with Crippen LogP contribution in [0.2, 0.25) is 0 Å². The van der Waals surface area contributed by atoms with E-state index in [0.29, 0.717) is 12.3 Å². The molecule has 0 unspecified atom stereocenters. The first-order chi connectivity index (χ1) is 15.3. The van der Waals surface area contributed by atoms with Crippen LogP contribution in [0.4, 0.5) is 0 Å². The Morgan fingerprint density at radius 1 is 1.10 bits per heavy atom. The highest BCUT2D eigenvalue weighted by Crippen LogP contribution is 2.27. The third kappa shape index (κ3) is 6.96. The van der Waals surface area contributed by atoms with Crippen LogP contribution in [0.15, 0.2) is 60.2 Å². The summed E-state index contributed by atoms with van der Waals surface area (Å²) in [6, 6.07) is 11.9. The molecule has 0 N–H and O–H groups in total. The maximum Gasteiger partial charge on any atom is 0.166 e. The molecule has 0 aliphatic heterocycles. The largest absolute Gasteiger partial charge is 0.490 e. The molecular formula is C27H38N2O2. The summed E-state index contributed by atoms with van der Waals surface area (Å²) in [5.41, 5.74) is 4.13. The average Bonchev–Trinajstić information content (AvgIpc) is 3.23. The lowest BCUT2D eigenvalue weighted by molar-refractivity contribution is 0.111. The number of hydrogen-bond donors (Lipinski definition) is 0. The van der Waals surface area contributed by atoms with Crippen LogP contribution in [0.25, 0.3) is 5.69 Å². The number of allylic oxidation sites excluding steroid dienone is 2. The number of para-hydroxylation sites is 2. The topological polar surface area (TPSA) is 34.5 Å². The van der Waals surface area contributed by atoms with Crippen molar-refractivity contribution in [3.63, 3.8) is 0 Å². The Labute approximate surface area is 188 Å². The van der Waals surface area contributed by atoms with Crippen molar-refractivity contribution < 1.29 is 9.53 Å². The highest BCUT2D eigenvalue weighted by atomic mass is 16.5. The van der Waals surface area contributed by atoms with Gasteiger partial charge in [0.05, 0.1) is 11.4 Å². The van der Waals surface area contributed by atoms with Crippen LogP contribution in [0.5, 0.6) is 5.75 Å². The predicted molar refractivity (Wildman–Crippen MR) is 131 cm³/mol. The molecule has 0 spiro atoms. The Balaban J connectivity index is 0.00000166. The zero-order chi connectivity index (χ0) is 22.5. The first-order valence-electron chi connectivity index (χ1n) is 11.7. The minimum atomic E-state index is 0.614. The number of nitrogens with zero attached hydrogens (tertiary/aromatic N) is 2. The maximum absolute atomic E-state index is 11.6. The standard InChI is InChI=1S/C25H32N2O2.C2H6/c1-3-10-22-15-16-23(20-28)27(22)24-13-8-9-14-25(24)29-18-17-26(4-2)19-21-11-6-5-7-12-21;1-2/h6,8-9,11-16,20H,3-5,7,10,17-19H2,1-2H3;1-2H3. The minimum Gasteiger partial charge on any atom is -0.490 e. The number of ether oxygens (including phenoxy) is 1. The van der Waals surface area contributed by atoms with Crippen molar-refractivity contribution in [2.45, 2.75) is 53.4 Å². The second-order valence-electron chi connectivity index (χ2n) is 7.40. The molecule has 3 rings (SSSR count). The Hall–Kier alpha value is -2.59. The van der Waals surface area contributed by atoms with Gasteiger partial charge in [0.25, 0.3) is 0 Å². The molecule has 4 nitrogen and oxygen atoms in total. The van der Waals surface area contributed by atoms with E-state index in [1.54, 1.807) is 0 Å². The molecule has 0 bridgehead atoms. The molecule has 0 amide bonds. The Morgan fingerprint density at radius 3 is 2.58 bits per heavy atom. The molecule has 0 fully saturated rings. The van der Waals surface area contributed by atoms with Crippen LogP contribution >= 0.6 is 0 Å². The van der Waals surface area contributed by atoms with Gasteiger partial charge in [0, 0.05) is 18.8 Å². The van der Waals surface area contributed by atoms with Gasteiger partial charge in [-0.2, -0.15) is 0 Å². The van der Waals surface area contributed by atoms with E-state index in [-0.39, 0.29) is 0 Å². The lowest BCUT2D eigenvalue weighted by Crippen LogP contribution is -2.30.